The van der Waals surface area contributed by atoms with Gasteiger partial charge in [0, 0.05) is 23.7 Å². The minimum Gasteiger partial charge on any atom is -0.545 e. The first-order valence-electron chi connectivity index (χ1n) is 7.63. The quantitative estimate of drug-likeness (QED) is 0.696. The summed E-state index contributed by atoms with van der Waals surface area (Å²) in [5.74, 6) is -1.43. The fourth-order valence-corrected chi connectivity index (χ4v) is 4.40. The molecule has 0 saturated carbocycles. The third kappa shape index (κ3) is 2.94. The summed E-state index contributed by atoms with van der Waals surface area (Å²) >= 11 is 0. The van der Waals surface area contributed by atoms with Crippen molar-refractivity contribution in [2.45, 2.75) is 11.8 Å². The number of para-hydroxylation sites is 2. The summed E-state index contributed by atoms with van der Waals surface area (Å²) < 4.78 is 27.5. The van der Waals surface area contributed by atoms with E-state index < -0.39 is 16.0 Å². The first kappa shape index (κ1) is 16.9. The fourth-order valence-electron chi connectivity index (χ4n) is 2.74. The minimum atomic E-state index is -4.01. The van der Waals surface area contributed by atoms with Gasteiger partial charge in [-0.25, -0.2) is 8.42 Å². The second-order valence-corrected chi connectivity index (χ2v) is 7.14. The molecular formula is C18H15N2O4S-. The number of aromatic nitrogens is 1. The van der Waals surface area contributed by atoms with Crippen molar-refractivity contribution in [3.63, 3.8) is 0 Å². The van der Waals surface area contributed by atoms with Gasteiger partial charge in [0.25, 0.3) is 10.0 Å². The van der Waals surface area contributed by atoms with E-state index in [2.05, 4.69) is 4.98 Å². The summed E-state index contributed by atoms with van der Waals surface area (Å²) in [5, 5.41) is 12.1. The van der Waals surface area contributed by atoms with Gasteiger partial charge in [-0.05, 0) is 25.1 Å². The van der Waals surface area contributed by atoms with Gasteiger partial charge >= 0.3 is 0 Å². The number of benzene rings is 2. The summed E-state index contributed by atoms with van der Waals surface area (Å²) in [6, 6.07) is 14.2. The molecule has 0 aliphatic carbocycles. The number of pyridine rings is 1. The normalized spacial score (nSPS) is 11.4. The number of carboxylic acids is 1. The van der Waals surface area contributed by atoms with E-state index in [1.165, 1.54) is 30.5 Å². The van der Waals surface area contributed by atoms with Crippen LogP contribution >= 0.6 is 0 Å². The monoisotopic (exact) mass is 355 g/mol. The highest BCUT2D eigenvalue weighted by molar-refractivity contribution is 7.93. The number of anilines is 1. The molecule has 3 rings (SSSR count). The Balaban J connectivity index is 2.23. The fraction of sp³-hybridized carbons (Fsp3) is 0.111. The van der Waals surface area contributed by atoms with E-state index in [1.54, 1.807) is 37.3 Å². The van der Waals surface area contributed by atoms with Crippen LogP contribution < -0.4 is 9.41 Å². The number of rotatable bonds is 5. The van der Waals surface area contributed by atoms with Crippen LogP contribution in [0.4, 0.5) is 5.69 Å². The number of hydrogen-bond donors (Lipinski definition) is 0. The Hall–Kier alpha value is -2.93. The molecule has 1 heterocycles. The maximum Gasteiger partial charge on any atom is 0.266 e. The van der Waals surface area contributed by atoms with E-state index in [-0.39, 0.29) is 22.7 Å². The highest BCUT2D eigenvalue weighted by Crippen LogP contribution is 2.29. The second kappa shape index (κ2) is 6.52. The number of hydrogen-bond acceptors (Lipinski definition) is 5. The topological polar surface area (TPSA) is 90.4 Å². The molecule has 6 nitrogen and oxygen atoms in total. The molecule has 0 N–H and O–H groups in total. The van der Waals surface area contributed by atoms with Crippen molar-refractivity contribution in [1.82, 2.24) is 4.98 Å². The van der Waals surface area contributed by atoms with Crippen molar-refractivity contribution >= 4 is 32.6 Å². The Morgan fingerprint density at radius 2 is 1.80 bits per heavy atom. The van der Waals surface area contributed by atoms with Gasteiger partial charge in [0.2, 0.25) is 0 Å². The molecule has 7 heteroatoms. The number of sulfonamides is 1. The number of carbonyl (C=O) groups is 1. The molecule has 0 atom stereocenters. The molecular weight excluding hydrogens is 340 g/mol. The molecule has 0 saturated heterocycles. The maximum atomic E-state index is 13.2. The van der Waals surface area contributed by atoms with Crippen LogP contribution in [-0.4, -0.2) is 25.9 Å². The van der Waals surface area contributed by atoms with E-state index in [1.807, 2.05) is 0 Å². The maximum absolute atomic E-state index is 13.2. The van der Waals surface area contributed by atoms with Gasteiger partial charge in [-0.2, -0.15) is 0 Å². The van der Waals surface area contributed by atoms with Crippen molar-refractivity contribution in [3.8, 4) is 0 Å². The third-order valence-electron chi connectivity index (χ3n) is 3.84. The van der Waals surface area contributed by atoms with Crippen LogP contribution in [0.5, 0.6) is 0 Å². The van der Waals surface area contributed by atoms with Gasteiger partial charge in [0.05, 0.1) is 17.2 Å². The van der Waals surface area contributed by atoms with E-state index in [0.29, 0.717) is 10.9 Å². The summed E-state index contributed by atoms with van der Waals surface area (Å²) in [6.07, 6.45) is 1.52. The molecule has 1 aromatic heterocycles. The summed E-state index contributed by atoms with van der Waals surface area (Å²) in [5.41, 5.74) is 0.230. The predicted molar refractivity (Wildman–Crippen MR) is 92.7 cm³/mol. The number of aromatic carboxylic acids is 1. The van der Waals surface area contributed by atoms with Gasteiger partial charge < -0.3 is 9.90 Å². The van der Waals surface area contributed by atoms with E-state index in [0.717, 1.165) is 4.31 Å². The number of carboxylic acid groups (broad SMARTS) is 1. The molecule has 128 valence electrons. The van der Waals surface area contributed by atoms with Crippen molar-refractivity contribution < 1.29 is 18.3 Å². The standard InChI is InChI=1S/C18H16N2O4S/c1-2-20(15-10-4-3-9-14(15)18(21)22)25(23,24)16-11-5-7-13-8-6-12-19-17(13)16/h3-12H,2H2,1H3,(H,21,22)/p-1. The molecule has 0 spiro atoms. The molecule has 0 fully saturated rings. The van der Waals surface area contributed by atoms with Gasteiger partial charge in [0.1, 0.15) is 4.90 Å². The van der Waals surface area contributed by atoms with Crippen LogP contribution in [0, 0.1) is 0 Å². The first-order valence-corrected chi connectivity index (χ1v) is 9.07. The molecule has 2 aromatic carbocycles. The van der Waals surface area contributed by atoms with Crippen LogP contribution in [0.25, 0.3) is 10.9 Å². The largest absolute Gasteiger partial charge is 0.545 e. The lowest BCUT2D eigenvalue weighted by Gasteiger charge is -2.26. The van der Waals surface area contributed by atoms with Crippen molar-refractivity contribution in [3.05, 3.63) is 66.4 Å². The van der Waals surface area contributed by atoms with Crippen molar-refractivity contribution in [2.75, 3.05) is 10.8 Å². The molecule has 0 aliphatic rings. The zero-order chi connectivity index (χ0) is 18.0. The minimum absolute atomic E-state index is 0.0283. The Morgan fingerprint density at radius 3 is 2.52 bits per heavy atom. The third-order valence-corrected chi connectivity index (χ3v) is 5.76. The predicted octanol–water partition coefficient (Wildman–Crippen LogP) is 1.81. The number of fused-ring (bicyclic) bond motifs is 1. The van der Waals surface area contributed by atoms with Crippen LogP contribution in [0.2, 0.25) is 0 Å². The number of nitrogens with zero attached hydrogens (tertiary/aromatic N) is 2. The van der Waals surface area contributed by atoms with Crippen LogP contribution in [0.15, 0.2) is 65.7 Å². The van der Waals surface area contributed by atoms with Crippen LogP contribution in [0.3, 0.4) is 0 Å². The summed E-state index contributed by atoms with van der Waals surface area (Å²) in [7, 11) is -4.01. The molecule has 3 aromatic rings. The summed E-state index contributed by atoms with van der Waals surface area (Å²) in [6.45, 7) is 1.71. The lowest BCUT2D eigenvalue weighted by Crippen LogP contribution is -2.34. The average molecular weight is 355 g/mol. The molecule has 25 heavy (non-hydrogen) atoms. The Kier molecular flexibility index (Phi) is 4.41. The van der Waals surface area contributed by atoms with Crippen molar-refractivity contribution in [2.24, 2.45) is 0 Å². The smallest absolute Gasteiger partial charge is 0.266 e. The lowest BCUT2D eigenvalue weighted by atomic mass is 10.2. The molecule has 0 radical (unpaired) electrons. The zero-order valence-electron chi connectivity index (χ0n) is 13.4. The van der Waals surface area contributed by atoms with Crippen LogP contribution in [-0.2, 0) is 10.0 Å². The van der Waals surface area contributed by atoms with Gasteiger partial charge in [-0.3, -0.25) is 9.29 Å². The molecule has 0 unspecified atom stereocenters. The average Bonchev–Trinajstić information content (AvgIpc) is 2.62. The Morgan fingerprint density at radius 1 is 1.08 bits per heavy atom. The molecule has 0 aliphatic heterocycles. The Bertz CT molecular complexity index is 1040. The van der Waals surface area contributed by atoms with Crippen LogP contribution in [0.1, 0.15) is 17.3 Å². The van der Waals surface area contributed by atoms with Gasteiger partial charge in [0.15, 0.2) is 0 Å². The lowest BCUT2D eigenvalue weighted by molar-refractivity contribution is -0.254. The highest BCUT2D eigenvalue weighted by atomic mass is 32.2. The van der Waals surface area contributed by atoms with E-state index >= 15 is 0 Å². The summed E-state index contributed by atoms with van der Waals surface area (Å²) in [4.78, 5) is 15.6. The van der Waals surface area contributed by atoms with Crippen molar-refractivity contribution in [1.29, 1.82) is 0 Å². The second-order valence-electron chi connectivity index (χ2n) is 5.31. The van der Waals surface area contributed by atoms with Gasteiger partial charge in [-0.15, -0.1) is 0 Å². The van der Waals surface area contributed by atoms with E-state index in [9.17, 15) is 18.3 Å². The Labute approximate surface area is 145 Å². The SMILES string of the molecule is CCN(c1ccccc1C(=O)[O-])S(=O)(=O)c1cccc2cccnc12. The molecule has 0 bridgehead atoms. The highest BCUT2D eigenvalue weighted by Gasteiger charge is 2.27. The number of carbonyl (C=O) groups excluding carboxylic acids is 1. The zero-order valence-corrected chi connectivity index (χ0v) is 14.2. The first-order chi connectivity index (χ1) is 12.0. The molecule has 0 amide bonds. The van der Waals surface area contributed by atoms with E-state index in [4.69, 9.17) is 0 Å². The van der Waals surface area contributed by atoms with Gasteiger partial charge in [-0.1, -0.05) is 36.4 Å².